The van der Waals surface area contributed by atoms with Gasteiger partial charge in [-0.2, -0.15) is 5.10 Å². The highest BCUT2D eigenvalue weighted by molar-refractivity contribution is 5.98. The van der Waals surface area contributed by atoms with Crippen LogP contribution in [0.3, 0.4) is 0 Å². The number of pyridine rings is 2. The molecule has 0 spiro atoms. The minimum absolute atomic E-state index is 0.130. The minimum Gasteiger partial charge on any atom is -0.355 e. The van der Waals surface area contributed by atoms with Gasteiger partial charge in [0.25, 0.3) is 0 Å². The van der Waals surface area contributed by atoms with E-state index in [4.69, 9.17) is 4.98 Å². The number of rotatable bonds is 3. The average Bonchev–Trinajstić information content (AvgIpc) is 2.97. The molecule has 1 aliphatic rings. The van der Waals surface area contributed by atoms with Crippen molar-refractivity contribution in [1.82, 2.24) is 24.6 Å². The van der Waals surface area contributed by atoms with Gasteiger partial charge in [0.15, 0.2) is 0 Å². The van der Waals surface area contributed by atoms with Crippen LogP contribution in [0.15, 0.2) is 30.7 Å². The molecule has 0 radical (unpaired) electrons. The van der Waals surface area contributed by atoms with Crippen molar-refractivity contribution in [3.05, 3.63) is 30.7 Å². The van der Waals surface area contributed by atoms with Crippen LogP contribution in [0.1, 0.15) is 13.3 Å². The average molecular weight is 379 g/mol. The molecule has 0 atom stereocenters. The third-order valence-electron chi connectivity index (χ3n) is 5.02. The van der Waals surface area contributed by atoms with Gasteiger partial charge in [-0.05, 0) is 37.5 Å². The number of fused-ring (bicyclic) bond motifs is 1. The molecule has 1 amide bonds. The summed E-state index contributed by atoms with van der Waals surface area (Å²) in [7, 11) is 4.03. The normalized spacial score (nSPS) is 15.6. The van der Waals surface area contributed by atoms with Crippen LogP contribution in [0.2, 0.25) is 0 Å². The highest BCUT2D eigenvalue weighted by Crippen LogP contribution is 2.30. The number of carbonyl (C=O) groups excluding carboxylic acids is 1. The predicted molar refractivity (Wildman–Crippen MR) is 110 cm³/mol. The van der Waals surface area contributed by atoms with Crippen LogP contribution < -0.4 is 10.2 Å². The van der Waals surface area contributed by atoms with Crippen LogP contribution in [0.5, 0.6) is 0 Å². The Morgan fingerprint density at radius 3 is 2.71 bits per heavy atom. The highest BCUT2D eigenvalue weighted by atomic mass is 16.1. The number of likely N-dealkylation sites (N-methyl/N-ethyl adjacent to an activating group) is 1. The van der Waals surface area contributed by atoms with Crippen molar-refractivity contribution >= 4 is 28.3 Å². The predicted octanol–water partition coefficient (Wildman–Crippen LogP) is 2.13. The van der Waals surface area contributed by atoms with Gasteiger partial charge in [0.2, 0.25) is 5.91 Å². The SMILES string of the molecule is CC(=O)Nc1cc2cc(-c3cnn(C)c3)ncc2c(N2CCCN(C)CC2)n1. The maximum absolute atomic E-state index is 11.6. The number of nitrogens with one attached hydrogen (secondary N) is 1. The van der Waals surface area contributed by atoms with E-state index < -0.39 is 0 Å². The van der Waals surface area contributed by atoms with E-state index in [1.807, 2.05) is 31.6 Å². The molecule has 0 saturated carbocycles. The summed E-state index contributed by atoms with van der Waals surface area (Å²) in [5.74, 6) is 1.31. The van der Waals surface area contributed by atoms with E-state index in [2.05, 4.69) is 32.2 Å². The van der Waals surface area contributed by atoms with Crippen molar-refractivity contribution < 1.29 is 4.79 Å². The Balaban J connectivity index is 1.81. The van der Waals surface area contributed by atoms with Gasteiger partial charge in [0.1, 0.15) is 11.6 Å². The van der Waals surface area contributed by atoms with Crippen LogP contribution in [-0.2, 0) is 11.8 Å². The van der Waals surface area contributed by atoms with E-state index in [-0.39, 0.29) is 5.91 Å². The van der Waals surface area contributed by atoms with E-state index in [0.717, 1.165) is 60.4 Å². The molecule has 3 aromatic heterocycles. The largest absolute Gasteiger partial charge is 0.355 e. The Bertz CT molecular complexity index is 1010. The molecule has 0 aromatic carbocycles. The second kappa shape index (κ2) is 7.55. The van der Waals surface area contributed by atoms with Crippen LogP contribution in [0.4, 0.5) is 11.6 Å². The van der Waals surface area contributed by atoms with Gasteiger partial charge in [-0.3, -0.25) is 14.5 Å². The summed E-state index contributed by atoms with van der Waals surface area (Å²) in [4.78, 5) is 25.7. The van der Waals surface area contributed by atoms with Crippen LogP contribution in [0, 0.1) is 0 Å². The molecule has 4 heterocycles. The lowest BCUT2D eigenvalue weighted by Gasteiger charge is -2.24. The molecule has 0 aliphatic carbocycles. The minimum atomic E-state index is -0.130. The van der Waals surface area contributed by atoms with Gasteiger partial charge < -0.3 is 15.1 Å². The molecule has 1 aliphatic heterocycles. The van der Waals surface area contributed by atoms with E-state index >= 15 is 0 Å². The zero-order valence-electron chi connectivity index (χ0n) is 16.5. The van der Waals surface area contributed by atoms with E-state index in [0.29, 0.717) is 5.82 Å². The lowest BCUT2D eigenvalue weighted by atomic mass is 10.1. The maximum atomic E-state index is 11.6. The fourth-order valence-corrected chi connectivity index (χ4v) is 3.59. The molecule has 1 N–H and O–H groups in total. The first-order chi connectivity index (χ1) is 13.5. The first kappa shape index (κ1) is 18.4. The number of aryl methyl sites for hydroxylation is 1. The molecule has 3 aromatic rings. The second-order valence-corrected chi connectivity index (χ2v) is 7.35. The molecule has 28 heavy (non-hydrogen) atoms. The molecule has 1 fully saturated rings. The first-order valence-corrected chi connectivity index (χ1v) is 9.50. The lowest BCUT2D eigenvalue weighted by molar-refractivity contribution is -0.114. The van der Waals surface area contributed by atoms with Crippen molar-refractivity contribution in [2.75, 3.05) is 43.4 Å². The summed E-state index contributed by atoms with van der Waals surface area (Å²) in [6.45, 7) is 5.38. The summed E-state index contributed by atoms with van der Waals surface area (Å²) in [6.07, 6.45) is 6.70. The van der Waals surface area contributed by atoms with Crippen molar-refractivity contribution in [2.45, 2.75) is 13.3 Å². The summed E-state index contributed by atoms with van der Waals surface area (Å²) in [5, 5.41) is 9.07. The van der Waals surface area contributed by atoms with Gasteiger partial charge in [-0.1, -0.05) is 0 Å². The molecule has 4 rings (SSSR count). The fourth-order valence-electron chi connectivity index (χ4n) is 3.59. The zero-order chi connectivity index (χ0) is 19.7. The maximum Gasteiger partial charge on any atom is 0.222 e. The van der Waals surface area contributed by atoms with Gasteiger partial charge in [0.05, 0.1) is 11.9 Å². The standard InChI is InChI=1S/C20H25N7O/c1-14(28)23-19-10-15-9-18(16-11-22-26(3)13-16)21-12-17(15)20(24-19)27-6-4-5-25(2)7-8-27/h9-13H,4-8H2,1-3H3,(H,23,24,28). The zero-order valence-corrected chi connectivity index (χ0v) is 16.5. The van der Waals surface area contributed by atoms with Crippen molar-refractivity contribution in [3.8, 4) is 11.3 Å². The van der Waals surface area contributed by atoms with Gasteiger partial charge in [-0.25, -0.2) is 4.98 Å². The molecular formula is C20H25N7O. The molecule has 146 valence electrons. The quantitative estimate of drug-likeness (QED) is 0.751. The molecule has 8 nitrogen and oxygen atoms in total. The number of aromatic nitrogens is 4. The summed E-state index contributed by atoms with van der Waals surface area (Å²) >= 11 is 0. The van der Waals surface area contributed by atoms with E-state index in [9.17, 15) is 4.79 Å². The van der Waals surface area contributed by atoms with Crippen LogP contribution in [-0.4, -0.2) is 63.8 Å². The Morgan fingerprint density at radius 1 is 1.11 bits per heavy atom. The molecule has 0 bridgehead atoms. The van der Waals surface area contributed by atoms with Crippen molar-refractivity contribution in [2.24, 2.45) is 7.05 Å². The molecule has 0 unspecified atom stereocenters. The summed E-state index contributed by atoms with van der Waals surface area (Å²) in [6, 6.07) is 3.94. The molecule has 8 heteroatoms. The van der Waals surface area contributed by atoms with Gasteiger partial charge >= 0.3 is 0 Å². The Morgan fingerprint density at radius 2 is 1.96 bits per heavy atom. The van der Waals surface area contributed by atoms with Gasteiger partial charge in [-0.15, -0.1) is 0 Å². The van der Waals surface area contributed by atoms with Crippen molar-refractivity contribution in [3.63, 3.8) is 0 Å². The number of anilines is 2. The number of amides is 1. The highest BCUT2D eigenvalue weighted by Gasteiger charge is 2.18. The van der Waals surface area contributed by atoms with Gasteiger partial charge in [0, 0.05) is 56.9 Å². The number of carbonyl (C=O) groups is 1. The van der Waals surface area contributed by atoms with Crippen LogP contribution in [0.25, 0.3) is 22.0 Å². The Labute approximate surface area is 164 Å². The van der Waals surface area contributed by atoms with E-state index in [1.165, 1.54) is 6.92 Å². The second-order valence-electron chi connectivity index (χ2n) is 7.35. The lowest BCUT2D eigenvalue weighted by Crippen LogP contribution is -2.29. The Hall–Kier alpha value is -3.00. The van der Waals surface area contributed by atoms with Crippen LogP contribution >= 0.6 is 0 Å². The molecular weight excluding hydrogens is 354 g/mol. The summed E-state index contributed by atoms with van der Waals surface area (Å²) in [5.41, 5.74) is 1.81. The van der Waals surface area contributed by atoms with Crippen molar-refractivity contribution in [1.29, 1.82) is 0 Å². The summed E-state index contributed by atoms with van der Waals surface area (Å²) < 4.78 is 1.76. The number of hydrogen-bond acceptors (Lipinski definition) is 6. The topological polar surface area (TPSA) is 79.2 Å². The first-order valence-electron chi connectivity index (χ1n) is 9.50. The fraction of sp³-hybridized carbons (Fsp3) is 0.400. The number of hydrogen-bond donors (Lipinski definition) is 1. The van der Waals surface area contributed by atoms with E-state index in [1.54, 1.807) is 10.9 Å². The monoisotopic (exact) mass is 379 g/mol. The smallest absolute Gasteiger partial charge is 0.222 e. The Kier molecular flexibility index (Phi) is 4.95. The molecule has 1 saturated heterocycles. The third kappa shape index (κ3) is 3.82. The third-order valence-corrected chi connectivity index (χ3v) is 5.02. The number of nitrogens with zero attached hydrogens (tertiary/aromatic N) is 6.